The van der Waals surface area contributed by atoms with Crippen LogP contribution in [-0.4, -0.2) is 5.96 Å². The molecule has 0 aromatic carbocycles. The molecule has 4 N–H and O–H groups in total. The van der Waals surface area contributed by atoms with Crippen LogP contribution in [0.2, 0.25) is 0 Å². The van der Waals surface area contributed by atoms with E-state index in [2.05, 4.69) is 20.8 Å². The van der Waals surface area contributed by atoms with Gasteiger partial charge < -0.3 is 0 Å². The van der Waals surface area contributed by atoms with Gasteiger partial charge in [0.15, 0.2) is 0 Å². The van der Waals surface area contributed by atoms with Gasteiger partial charge >= 0.3 is 37.9 Å². The fourth-order valence-corrected chi connectivity index (χ4v) is 0. The van der Waals surface area contributed by atoms with E-state index in [1.807, 2.05) is 0 Å². The van der Waals surface area contributed by atoms with Crippen LogP contribution in [0.3, 0.4) is 0 Å². The van der Waals surface area contributed by atoms with Crippen LogP contribution in [0, 0.1) is 5.41 Å². The third-order valence-electron chi connectivity index (χ3n) is 0.110. The molecule has 1 atom stereocenters. The van der Waals surface area contributed by atoms with E-state index in [9.17, 15) is 0 Å². The van der Waals surface area contributed by atoms with Crippen molar-refractivity contribution in [1.82, 2.24) is 4.30 Å². The molecular weight excluding hydrogens is 137 g/mol. The van der Waals surface area contributed by atoms with Crippen molar-refractivity contribution in [3.05, 3.63) is 0 Å². The van der Waals surface area contributed by atoms with E-state index in [4.69, 9.17) is 11.1 Å². The second-order valence-electron chi connectivity index (χ2n) is 0.516. The van der Waals surface area contributed by atoms with Gasteiger partial charge in [-0.1, -0.05) is 0 Å². The van der Waals surface area contributed by atoms with Crippen LogP contribution in [0.1, 0.15) is 0 Å². The number of rotatable bonds is 0. The third-order valence-corrected chi connectivity index (χ3v) is 0.453. The zero-order chi connectivity index (χ0) is 4.28. The van der Waals surface area contributed by atoms with Crippen molar-refractivity contribution < 1.29 is 16.5 Å². The number of hydrogen-bond acceptors (Lipinski definition) is 1. The van der Waals surface area contributed by atoms with Crippen molar-refractivity contribution in [3.8, 4) is 0 Å². The summed E-state index contributed by atoms with van der Waals surface area (Å²) < 4.78 is 2.26. The second-order valence-corrected chi connectivity index (χ2v) is 0.834. The quantitative estimate of drug-likeness (QED) is 0.232. The first-order valence-corrected chi connectivity index (χ1v) is 1.63. The Balaban J connectivity index is 0. The fourth-order valence-electron chi connectivity index (χ4n) is 0. The average Bonchev–Trinajstić information content (AvgIpc) is 1.38. The van der Waals surface area contributed by atoms with Gasteiger partial charge in [0, 0.05) is 0 Å². The minimum atomic E-state index is -0.0509. The molecule has 0 spiro atoms. The smallest absolute Gasteiger partial charge is 0.153 e. The van der Waals surface area contributed by atoms with E-state index in [1.54, 1.807) is 0 Å². The fraction of sp³-hybridized carbons (Fsp3) is 0. The van der Waals surface area contributed by atoms with Gasteiger partial charge in [0.2, 0.25) is 0 Å². The Kier molecular flexibility index (Phi) is 8.31. The molecule has 0 bridgehead atoms. The van der Waals surface area contributed by atoms with Crippen molar-refractivity contribution in [2.45, 2.75) is 0 Å². The van der Waals surface area contributed by atoms with Gasteiger partial charge in [-0.2, -0.15) is 9.90 Å². The van der Waals surface area contributed by atoms with Crippen molar-refractivity contribution >= 4 is 15.9 Å². The summed E-state index contributed by atoms with van der Waals surface area (Å²) in [5, 5.41) is 6.38. The predicted molar refractivity (Wildman–Crippen MR) is 26.2 cm³/mol. The molecule has 0 rings (SSSR count). The van der Waals surface area contributed by atoms with E-state index in [0.29, 0.717) is 0 Å². The Morgan fingerprint density at radius 2 is 2.00 bits per heavy atom. The monoisotopic (exact) mass is 144 g/mol. The Morgan fingerprint density at radius 3 is 2.00 bits per heavy atom. The van der Waals surface area contributed by atoms with Gasteiger partial charge in [-0.3, -0.25) is 0 Å². The SMILES string of the molecule is N=C(N)[NH][Cr].P. The average molecular weight is 144 g/mol. The van der Waals surface area contributed by atoms with E-state index >= 15 is 0 Å². The van der Waals surface area contributed by atoms with Crippen LogP contribution in [0.4, 0.5) is 0 Å². The van der Waals surface area contributed by atoms with E-state index < -0.39 is 0 Å². The number of guanidine groups is 1. The summed E-state index contributed by atoms with van der Waals surface area (Å²) in [6.07, 6.45) is 0. The van der Waals surface area contributed by atoms with Gasteiger partial charge in [0.1, 0.15) is 0 Å². The number of hydrogen-bond donors (Lipinski definition) is 3. The number of nitrogens with two attached hydrogens (primary N) is 1. The van der Waals surface area contributed by atoms with Crippen LogP contribution >= 0.6 is 9.90 Å². The molecule has 0 aliphatic heterocycles. The van der Waals surface area contributed by atoms with E-state index in [1.165, 1.54) is 0 Å². The molecule has 37 valence electrons. The van der Waals surface area contributed by atoms with Gasteiger partial charge in [-0.15, -0.1) is 0 Å². The first-order valence-electron chi connectivity index (χ1n) is 0.993. The topological polar surface area (TPSA) is 61.9 Å². The molecule has 0 amide bonds. The maximum atomic E-state index is 6.38. The molecule has 0 saturated heterocycles. The molecule has 0 heterocycles. The van der Waals surface area contributed by atoms with Crippen LogP contribution in [0.25, 0.3) is 0 Å². The third kappa shape index (κ3) is 8.87. The van der Waals surface area contributed by atoms with Gasteiger partial charge in [0.25, 0.3) is 0 Å². The molecule has 6 heavy (non-hydrogen) atoms. The molecule has 0 aliphatic rings. The molecule has 0 fully saturated rings. The normalized spacial score (nSPS) is 5.33. The van der Waals surface area contributed by atoms with Crippen molar-refractivity contribution in [2.24, 2.45) is 5.73 Å². The van der Waals surface area contributed by atoms with Gasteiger partial charge in [-0.25, -0.2) is 0 Å². The van der Waals surface area contributed by atoms with Crippen molar-refractivity contribution in [3.63, 3.8) is 0 Å². The first-order chi connectivity index (χ1) is 2.27. The maximum absolute atomic E-state index is 6.38. The summed E-state index contributed by atoms with van der Waals surface area (Å²) in [6, 6.07) is 0. The number of nitrogens with one attached hydrogen (secondary N) is 2. The summed E-state index contributed by atoms with van der Waals surface area (Å²) in [4.78, 5) is 0. The second kappa shape index (κ2) is 5.23. The van der Waals surface area contributed by atoms with Crippen molar-refractivity contribution in [2.75, 3.05) is 0 Å². The van der Waals surface area contributed by atoms with Gasteiger partial charge in [0.05, 0.1) is 0 Å². The molecule has 0 aromatic rings. The molecule has 1 unspecified atom stereocenters. The Morgan fingerprint density at radius 1 is 1.83 bits per heavy atom. The summed E-state index contributed by atoms with van der Waals surface area (Å²) in [5.74, 6) is -0.0509. The van der Waals surface area contributed by atoms with Crippen molar-refractivity contribution in [1.29, 1.82) is 5.41 Å². The van der Waals surface area contributed by atoms with Crippen LogP contribution in [0.15, 0.2) is 0 Å². The molecule has 0 aliphatic carbocycles. The summed E-state index contributed by atoms with van der Waals surface area (Å²) in [6.45, 7) is 0. The maximum Gasteiger partial charge on any atom is -0.153 e. The van der Waals surface area contributed by atoms with Gasteiger partial charge in [-0.05, 0) is 0 Å². The van der Waals surface area contributed by atoms with Crippen LogP contribution < -0.4 is 10.0 Å². The van der Waals surface area contributed by atoms with E-state index in [0.717, 1.165) is 0 Å². The minimum Gasteiger partial charge on any atom is -0.153 e. The standard InChI is InChI=1S/CH4N3.Cr.H3P/c2-1(3)4;;/h(H4-,2,3,4);;1H3/q-1;+1;. The first kappa shape index (κ1) is 9.53. The van der Waals surface area contributed by atoms with E-state index in [-0.39, 0.29) is 15.9 Å². The molecular formula is CH7CrN3P. The molecule has 0 saturated carbocycles. The van der Waals surface area contributed by atoms with Crippen LogP contribution in [-0.2, 0) is 16.5 Å². The van der Waals surface area contributed by atoms with Crippen LogP contribution in [0.5, 0.6) is 0 Å². The zero-order valence-electron chi connectivity index (χ0n) is 3.19. The summed E-state index contributed by atoms with van der Waals surface area (Å²) in [7, 11) is 0. The zero-order valence-corrected chi connectivity index (χ0v) is 5.88. The predicted octanol–water partition coefficient (Wildman–Crippen LogP) is -1.01. The Labute approximate surface area is 48.4 Å². The summed E-state index contributed by atoms with van der Waals surface area (Å²) >= 11 is 2.34. The Hall–Kier alpha value is 0.232. The summed E-state index contributed by atoms with van der Waals surface area (Å²) in [5.41, 5.74) is 4.73. The minimum absolute atomic E-state index is 0. The molecule has 5 heteroatoms. The Bertz CT molecular complexity index is 46.1. The molecule has 0 aromatic heterocycles. The molecule has 3 nitrogen and oxygen atoms in total. The largest absolute Gasteiger partial charge is 0.153 e. The molecule has 0 radical (unpaired) electrons.